The minimum absolute atomic E-state index is 0.176. The minimum atomic E-state index is -0.191. The van der Waals surface area contributed by atoms with Gasteiger partial charge in [-0.15, -0.1) is 0 Å². The van der Waals surface area contributed by atoms with Crippen molar-refractivity contribution in [3.63, 3.8) is 0 Å². The molecule has 1 aliphatic rings. The Kier molecular flexibility index (Phi) is 7.40. The van der Waals surface area contributed by atoms with E-state index in [4.69, 9.17) is 9.72 Å². The van der Waals surface area contributed by atoms with Crippen molar-refractivity contribution in [1.29, 1.82) is 0 Å². The fraction of sp³-hybridized carbons (Fsp3) is 0.444. The first kappa shape index (κ1) is 24.7. The van der Waals surface area contributed by atoms with Crippen molar-refractivity contribution >= 4 is 17.5 Å². The molecule has 0 spiro atoms. The lowest BCUT2D eigenvalue weighted by atomic mass is 9.92. The van der Waals surface area contributed by atoms with Crippen LogP contribution in [0.3, 0.4) is 0 Å². The summed E-state index contributed by atoms with van der Waals surface area (Å²) < 4.78 is 7.33. The number of carbonyl (C=O) groups excluding carboxylic acids is 1. The smallest absolute Gasteiger partial charge is 0.319 e. The molecule has 186 valence electrons. The standard InChI is InChI=1S/C27H36N6O2/c1-19-6-7-22(30-26(34)28-9-8-27(2,3)4)16-23(19)20-14-24(21-17-29-32(5)18-21)31-25(15-20)33-10-12-35-13-11-33/h6-7,14-18H,8-13H2,1-5H3,(H2,28,30,34). The topological polar surface area (TPSA) is 84.3 Å². The van der Waals surface area contributed by atoms with Gasteiger partial charge < -0.3 is 20.3 Å². The normalized spacial score (nSPS) is 14.1. The Morgan fingerprint density at radius 1 is 1.11 bits per heavy atom. The van der Waals surface area contributed by atoms with Crippen LogP contribution in [0.15, 0.2) is 42.7 Å². The summed E-state index contributed by atoms with van der Waals surface area (Å²) in [5.41, 5.74) is 6.00. The van der Waals surface area contributed by atoms with Crippen LogP contribution < -0.4 is 15.5 Å². The van der Waals surface area contributed by atoms with E-state index in [1.54, 1.807) is 4.68 Å². The summed E-state index contributed by atoms with van der Waals surface area (Å²) in [6, 6.07) is 10.0. The number of amides is 2. The van der Waals surface area contributed by atoms with E-state index in [-0.39, 0.29) is 11.4 Å². The van der Waals surface area contributed by atoms with Gasteiger partial charge in [-0.2, -0.15) is 5.10 Å². The molecule has 0 bridgehead atoms. The molecule has 8 heteroatoms. The molecule has 1 aromatic carbocycles. The van der Waals surface area contributed by atoms with Gasteiger partial charge in [0.1, 0.15) is 5.82 Å². The van der Waals surface area contributed by atoms with Gasteiger partial charge in [0.15, 0.2) is 0 Å². The number of anilines is 2. The molecule has 8 nitrogen and oxygen atoms in total. The average molecular weight is 477 g/mol. The van der Waals surface area contributed by atoms with Crippen LogP contribution in [0.1, 0.15) is 32.8 Å². The van der Waals surface area contributed by atoms with E-state index in [0.717, 1.165) is 59.0 Å². The summed E-state index contributed by atoms with van der Waals surface area (Å²) in [6.07, 6.45) is 4.72. The van der Waals surface area contributed by atoms with Crippen molar-refractivity contribution in [2.45, 2.75) is 34.1 Å². The number of nitrogens with one attached hydrogen (secondary N) is 2. The molecule has 0 atom stereocenters. The summed E-state index contributed by atoms with van der Waals surface area (Å²) >= 11 is 0. The minimum Gasteiger partial charge on any atom is -0.378 e. The number of urea groups is 1. The largest absolute Gasteiger partial charge is 0.378 e. The molecule has 1 fully saturated rings. The molecule has 0 aliphatic carbocycles. The van der Waals surface area contributed by atoms with Crippen LogP contribution >= 0.6 is 0 Å². The van der Waals surface area contributed by atoms with Gasteiger partial charge in [0.2, 0.25) is 0 Å². The number of hydrogen-bond acceptors (Lipinski definition) is 5. The fourth-order valence-electron chi connectivity index (χ4n) is 4.06. The number of nitrogens with zero attached hydrogens (tertiary/aromatic N) is 4. The molecule has 3 heterocycles. The predicted molar refractivity (Wildman–Crippen MR) is 141 cm³/mol. The molecule has 4 rings (SSSR count). The first-order valence-corrected chi connectivity index (χ1v) is 12.2. The zero-order valence-corrected chi connectivity index (χ0v) is 21.4. The quantitative estimate of drug-likeness (QED) is 0.531. The van der Waals surface area contributed by atoms with Crippen LogP contribution in [0.5, 0.6) is 0 Å². The number of rotatable bonds is 6. The second kappa shape index (κ2) is 10.5. The van der Waals surface area contributed by atoms with E-state index in [2.05, 4.69) is 60.5 Å². The van der Waals surface area contributed by atoms with Gasteiger partial charge in [0.05, 0.1) is 25.1 Å². The van der Waals surface area contributed by atoms with Gasteiger partial charge in [0, 0.05) is 44.1 Å². The van der Waals surface area contributed by atoms with E-state index < -0.39 is 0 Å². The molecule has 35 heavy (non-hydrogen) atoms. The number of aromatic nitrogens is 3. The monoisotopic (exact) mass is 476 g/mol. The third-order valence-electron chi connectivity index (χ3n) is 6.11. The average Bonchev–Trinajstić information content (AvgIpc) is 3.26. The Morgan fingerprint density at radius 3 is 2.57 bits per heavy atom. The predicted octanol–water partition coefficient (Wildman–Crippen LogP) is 4.85. The molecular weight excluding hydrogens is 440 g/mol. The van der Waals surface area contributed by atoms with Gasteiger partial charge in [-0.25, -0.2) is 9.78 Å². The summed E-state index contributed by atoms with van der Waals surface area (Å²) in [4.78, 5) is 19.7. The van der Waals surface area contributed by atoms with Crippen molar-refractivity contribution in [3.05, 3.63) is 48.3 Å². The SMILES string of the molecule is Cc1ccc(NC(=O)NCCC(C)(C)C)cc1-c1cc(-c2cnn(C)c2)nc(N2CCOCC2)c1. The van der Waals surface area contributed by atoms with Crippen molar-refractivity contribution in [2.24, 2.45) is 12.5 Å². The Hall–Kier alpha value is -3.39. The molecule has 2 aromatic heterocycles. The first-order chi connectivity index (χ1) is 16.7. The van der Waals surface area contributed by atoms with E-state index in [1.807, 2.05) is 37.6 Å². The molecule has 0 unspecified atom stereocenters. The van der Waals surface area contributed by atoms with Crippen LogP contribution in [0.25, 0.3) is 22.4 Å². The molecule has 0 radical (unpaired) electrons. The van der Waals surface area contributed by atoms with Gasteiger partial charge in [-0.3, -0.25) is 4.68 Å². The van der Waals surface area contributed by atoms with Crippen LogP contribution in [0.4, 0.5) is 16.3 Å². The summed E-state index contributed by atoms with van der Waals surface area (Å²) in [7, 11) is 1.90. The number of benzene rings is 1. The molecule has 1 saturated heterocycles. The number of carbonyl (C=O) groups is 1. The van der Waals surface area contributed by atoms with E-state index >= 15 is 0 Å². The van der Waals surface area contributed by atoms with E-state index in [1.165, 1.54) is 0 Å². The van der Waals surface area contributed by atoms with Crippen LogP contribution in [-0.2, 0) is 11.8 Å². The molecule has 3 aromatic rings. The summed E-state index contributed by atoms with van der Waals surface area (Å²) in [5, 5.41) is 10.3. The zero-order chi connectivity index (χ0) is 25.0. The maximum Gasteiger partial charge on any atom is 0.319 e. The summed E-state index contributed by atoms with van der Waals surface area (Å²) in [6.45, 7) is 12.2. The second-order valence-corrected chi connectivity index (χ2v) is 10.3. The van der Waals surface area contributed by atoms with E-state index in [9.17, 15) is 4.79 Å². The van der Waals surface area contributed by atoms with Gasteiger partial charge >= 0.3 is 6.03 Å². The number of hydrogen-bond donors (Lipinski definition) is 2. The Morgan fingerprint density at radius 2 is 1.89 bits per heavy atom. The van der Waals surface area contributed by atoms with Gasteiger partial charge in [-0.1, -0.05) is 26.8 Å². The Bertz CT molecular complexity index is 1170. The number of pyridine rings is 1. The highest BCUT2D eigenvalue weighted by atomic mass is 16.5. The van der Waals surface area contributed by atoms with Gasteiger partial charge in [-0.05, 0) is 59.7 Å². The molecular formula is C27H36N6O2. The van der Waals surface area contributed by atoms with Gasteiger partial charge in [0.25, 0.3) is 0 Å². The molecule has 0 saturated carbocycles. The Labute approximate surface area is 207 Å². The lowest BCUT2D eigenvalue weighted by Gasteiger charge is -2.28. The van der Waals surface area contributed by atoms with Crippen LogP contribution in [0.2, 0.25) is 0 Å². The number of ether oxygens (including phenoxy) is 1. The first-order valence-electron chi connectivity index (χ1n) is 12.2. The highest BCUT2D eigenvalue weighted by molar-refractivity contribution is 5.90. The van der Waals surface area contributed by atoms with E-state index in [0.29, 0.717) is 19.8 Å². The van der Waals surface area contributed by atoms with Crippen molar-refractivity contribution in [1.82, 2.24) is 20.1 Å². The second-order valence-electron chi connectivity index (χ2n) is 10.3. The third kappa shape index (κ3) is 6.60. The lowest BCUT2D eigenvalue weighted by molar-refractivity contribution is 0.122. The van der Waals surface area contributed by atoms with Crippen LogP contribution in [-0.4, -0.2) is 53.6 Å². The number of aryl methyl sites for hydroxylation is 2. The van der Waals surface area contributed by atoms with Crippen molar-refractivity contribution < 1.29 is 9.53 Å². The Balaban J connectivity index is 1.63. The highest BCUT2D eigenvalue weighted by Gasteiger charge is 2.17. The number of morpholine rings is 1. The van der Waals surface area contributed by atoms with Crippen LogP contribution in [0, 0.1) is 12.3 Å². The molecule has 1 aliphatic heterocycles. The van der Waals surface area contributed by atoms with Crippen molar-refractivity contribution in [2.75, 3.05) is 43.1 Å². The molecule has 2 amide bonds. The summed E-state index contributed by atoms with van der Waals surface area (Å²) in [5.74, 6) is 0.919. The third-order valence-corrected chi connectivity index (χ3v) is 6.11. The van der Waals surface area contributed by atoms with Crippen molar-refractivity contribution in [3.8, 4) is 22.4 Å². The molecule has 2 N–H and O–H groups in total. The fourth-order valence-corrected chi connectivity index (χ4v) is 4.06. The maximum absolute atomic E-state index is 12.5. The zero-order valence-electron chi connectivity index (χ0n) is 21.4. The maximum atomic E-state index is 12.5. The highest BCUT2D eigenvalue weighted by Crippen LogP contribution is 2.33. The lowest BCUT2D eigenvalue weighted by Crippen LogP contribution is -2.36.